The molecule has 0 saturated heterocycles. The van der Waals surface area contributed by atoms with Crippen molar-refractivity contribution in [2.24, 2.45) is 0 Å². The van der Waals surface area contributed by atoms with Crippen molar-refractivity contribution in [1.29, 1.82) is 0 Å². The number of hydrogen-bond donors (Lipinski definition) is 1. The summed E-state index contributed by atoms with van der Waals surface area (Å²) in [6.45, 7) is 1.63. The van der Waals surface area contributed by atoms with Gasteiger partial charge in [-0.3, -0.25) is 9.59 Å². The summed E-state index contributed by atoms with van der Waals surface area (Å²) in [5, 5.41) is 3.03. The number of nitrogens with zero attached hydrogens (tertiary/aromatic N) is 1. The van der Waals surface area contributed by atoms with Crippen LogP contribution in [0.2, 0.25) is 0 Å². The SMILES string of the molecule is CN(C)CC(CC(=O)OCc1ccccc1)NC(=O)CCCCCCCCCCOc1ccccc1. The molecule has 2 rings (SSSR count). The molecule has 0 aliphatic rings. The Kier molecular flexibility index (Phi) is 15.0. The minimum atomic E-state index is -0.294. The number of nitrogens with one attached hydrogen (secondary N) is 1. The fourth-order valence-electron chi connectivity index (χ4n) is 4.06. The van der Waals surface area contributed by atoms with Crippen molar-refractivity contribution in [3.8, 4) is 5.75 Å². The summed E-state index contributed by atoms with van der Waals surface area (Å²) in [5.74, 6) is 0.659. The van der Waals surface area contributed by atoms with Crippen LogP contribution in [0.5, 0.6) is 5.75 Å². The van der Waals surface area contributed by atoms with Crippen LogP contribution in [0.4, 0.5) is 0 Å². The molecule has 0 fully saturated rings. The minimum Gasteiger partial charge on any atom is -0.494 e. The van der Waals surface area contributed by atoms with E-state index in [0.717, 1.165) is 43.6 Å². The molecule has 0 saturated carbocycles. The normalized spacial score (nSPS) is 11.8. The Morgan fingerprint density at radius 3 is 2.03 bits per heavy atom. The van der Waals surface area contributed by atoms with Crippen LogP contribution < -0.4 is 10.1 Å². The van der Waals surface area contributed by atoms with Gasteiger partial charge in [-0.1, -0.05) is 87.1 Å². The highest BCUT2D eigenvalue weighted by Crippen LogP contribution is 2.12. The predicted molar refractivity (Wildman–Crippen MR) is 145 cm³/mol. The number of ether oxygens (including phenoxy) is 2. The van der Waals surface area contributed by atoms with E-state index in [0.29, 0.717) is 13.0 Å². The fraction of sp³-hybridized carbons (Fsp3) is 0.533. The minimum absolute atomic E-state index is 0.0103. The van der Waals surface area contributed by atoms with Gasteiger partial charge in [-0.15, -0.1) is 0 Å². The van der Waals surface area contributed by atoms with Gasteiger partial charge in [0.05, 0.1) is 19.1 Å². The first-order valence-corrected chi connectivity index (χ1v) is 13.3. The van der Waals surface area contributed by atoms with Crippen LogP contribution in [0.25, 0.3) is 0 Å². The van der Waals surface area contributed by atoms with E-state index in [1.165, 1.54) is 25.7 Å². The number of esters is 1. The van der Waals surface area contributed by atoms with E-state index in [1.807, 2.05) is 79.7 Å². The molecular weight excluding hydrogens is 452 g/mol. The van der Waals surface area contributed by atoms with Gasteiger partial charge in [0.25, 0.3) is 0 Å². The van der Waals surface area contributed by atoms with Crippen molar-refractivity contribution in [3.63, 3.8) is 0 Å². The maximum Gasteiger partial charge on any atom is 0.308 e. The fourth-order valence-corrected chi connectivity index (χ4v) is 4.06. The molecule has 2 aromatic rings. The number of hydrogen-bond acceptors (Lipinski definition) is 5. The van der Waals surface area contributed by atoms with Gasteiger partial charge in [0, 0.05) is 13.0 Å². The Morgan fingerprint density at radius 1 is 0.806 bits per heavy atom. The van der Waals surface area contributed by atoms with E-state index >= 15 is 0 Å². The molecule has 198 valence electrons. The van der Waals surface area contributed by atoms with E-state index in [2.05, 4.69) is 5.32 Å². The topological polar surface area (TPSA) is 67.9 Å². The lowest BCUT2D eigenvalue weighted by Gasteiger charge is -2.22. The van der Waals surface area contributed by atoms with E-state index in [4.69, 9.17) is 9.47 Å². The molecule has 0 aliphatic heterocycles. The maximum atomic E-state index is 12.4. The van der Waals surface area contributed by atoms with E-state index in [9.17, 15) is 9.59 Å². The Labute approximate surface area is 217 Å². The van der Waals surface area contributed by atoms with Crippen LogP contribution in [-0.2, 0) is 20.9 Å². The second-order valence-electron chi connectivity index (χ2n) is 9.62. The lowest BCUT2D eigenvalue weighted by molar-refractivity contribution is -0.145. The number of unbranched alkanes of at least 4 members (excludes halogenated alkanes) is 7. The van der Waals surface area contributed by atoms with Gasteiger partial charge in [-0.2, -0.15) is 0 Å². The molecule has 0 radical (unpaired) electrons. The molecule has 0 aromatic heterocycles. The quantitative estimate of drug-likeness (QED) is 0.198. The lowest BCUT2D eigenvalue weighted by atomic mass is 10.1. The Bertz CT molecular complexity index is 843. The maximum absolute atomic E-state index is 12.4. The van der Waals surface area contributed by atoms with Gasteiger partial charge >= 0.3 is 5.97 Å². The molecule has 6 heteroatoms. The second kappa shape index (κ2) is 18.4. The number of carbonyl (C=O) groups excluding carboxylic acids is 2. The zero-order valence-corrected chi connectivity index (χ0v) is 22.1. The van der Waals surface area contributed by atoms with Crippen LogP contribution in [0.3, 0.4) is 0 Å². The Morgan fingerprint density at radius 2 is 1.39 bits per heavy atom. The zero-order chi connectivity index (χ0) is 25.8. The Balaban J connectivity index is 1.49. The standard InChI is InChI=1S/C30H44N2O4/c1-32(2)24-27(23-30(34)36-25-26-17-11-9-12-18-26)31-29(33)21-15-7-5-3-4-6-8-16-22-35-28-19-13-10-14-20-28/h9-14,17-20,27H,3-8,15-16,21-25H2,1-2H3,(H,31,33). The van der Waals surface area contributed by atoms with Gasteiger partial charge in [0.15, 0.2) is 0 Å². The first kappa shape index (κ1) is 29.4. The molecule has 1 atom stereocenters. The largest absolute Gasteiger partial charge is 0.494 e. The zero-order valence-electron chi connectivity index (χ0n) is 22.1. The molecular formula is C30H44N2O4. The van der Waals surface area contributed by atoms with Crippen molar-refractivity contribution in [1.82, 2.24) is 10.2 Å². The molecule has 0 heterocycles. The smallest absolute Gasteiger partial charge is 0.308 e. The third-order valence-electron chi connectivity index (χ3n) is 5.92. The van der Waals surface area contributed by atoms with Crippen molar-refractivity contribution >= 4 is 11.9 Å². The monoisotopic (exact) mass is 496 g/mol. The summed E-state index contributed by atoms with van der Waals surface area (Å²) in [7, 11) is 3.87. The summed E-state index contributed by atoms with van der Waals surface area (Å²) in [5.41, 5.74) is 0.955. The summed E-state index contributed by atoms with van der Waals surface area (Å²) < 4.78 is 11.1. The van der Waals surface area contributed by atoms with E-state index in [1.54, 1.807) is 0 Å². The number of carbonyl (C=O) groups is 2. The molecule has 2 aromatic carbocycles. The number of para-hydroxylation sites is 1. The highest BCUT2D eigenvalue weighted by molar-refractivity contribution is 5.77. The van der Waals surface area contributed by atoms with E-state index < -0.39 is 0 Å². The summed E-state index contributed by atoms with van der Waals surface area (Å²) >= 11 is 0. The lowest BCUT2D eigenvalue weighted by Crippen LogP contribution is -2.43. The van der Waals surface area contributed by atoms with Gasteiger partial charge in [-0.25, -0.2) is 0 Å². The van der Waals surface area contributed by atoms with Crippen LogP contribution in [-0.4, -0.2) is 50.1 Å². The van der Waals surface area contributed by atoms with Crippen molar-refractivity contribution in [2.45, 2.75) is 76.9 Å². The number of likely N-dealkylation sites (N-methyl/N-ethyl adjacent to an activating group) is 1. The number of rotatable bonds is 19. The summed E-state index contributed by atoms with van der Waals surface area (Å²) in [4.78, 5) is 26.7. The second-order valence-corrected chi connectivity index (χ2v) is 9.62. The molecule has 1 N–H and O–H groups in total. The molecule has 36 heavy (non-hydrogen) atoms. The average Bonchev–Trinajstić information content (AvgIpc) is 2.87. The van der Waals surface area contributed by atoms with Crippen LogP contribution >= 0.6 is 0 Å². The molecule has 6 nitrogen and oxygen atoms in total. The first-order valence-electron chi connectivity index (χ1n) is 13.3. The van der Waals surface area contributed by atoms with Crippen LogP contribution in [0.15, 0.2) is 60.7 Å². The number of amides is 1. The summed E-state index contributed by atoms with van der Waals surface area (Å²) in [6.07, 6.45) is 9.70. The predicted octanol–water partition coefficient (Wildman–Crippen LogP) is 5.76. The van der Waals surface area contributed by atoms with Crippen LogP contribution in [0, 0.1) is 0 Å². The average molecular weight is 497 g/mol. The van der Waals surface area contributed by atoms with Gasteiger partial charge in [0.2, 0.25) is 5.91 Å². The third kappa shape index (κ3) is 14.5. The van der Waals surface area contributed by atoms with E-state index in [-0.39, 0.29) is 30.9 Å². The van der Waals surface area contributed by atoms with Crippen molar-refractivity contribution in [2.75, 3.05) is 27.2 Å². The molecule has 1 unspecified atom stereocenters. The highest BCUT2D eigenvalue weighted by atomic mass is 16.5. The molecule has 1 amide bonds. The number of benzene rings is 2. The van der Waals surface area contributed by atoms with Gasteiger partial charge in [-0.05, 0) is 44.6 Å². The van der Waals surface area contributed by atoms with Crippen LogP contribution in [0.1, 0.15) is 69.8 Å². The van der Waals surface area contributed by atoms with Gasteiger partial charge in [0.1, 0.15) is 12.4 Å². The molecule has 0 bridgehead atoms. The summed E-state index contributed by atoms with van der Waals surface area (Å²) in [6, 6.07) is 19.3. The van der Waals surface area contributed by atoms with Crippen molar-refractivity contribution < 1.29 is 19.1 Å². The first-order chi connectivity index (χ1) is 17.5. The molecule has 0 spiro atoms. The van der Waals surface area contributed by atoms with Gasteiger partial charge < -0.3 is 19.7 Å². The van der Waals surface area contributed by atoms with Crippen molar-refractivity contribution in [3.05, 3.63) is 66.2 Å². The third-order valence-corrected chi connectivity index (χ3v) is 5.92. The Hall–Kier alpha value is -2.86. The molecule has 0 aliphatic carbocycles. The highest BCUT2D eigenvalue weighted by Gasteiger charge is 2.18.